The number of hydrogen-bond acceptors (Lipinski definition) is 5. The van der Waals surface area contributed by atoms with Gasteiger partial charge < -0.3 is 14.8 Å². The molecule has 0 saturated carbocycles. The van der Waals surface area contributed by atoms with Gasteiger partial charge in [0, 0.05) is 0 Å². The Morgan fingerprint density at radius 2 is 1.82 bits per heavy atom. The van der Waals surface area contributed by atoms with Crippen molar-refractivity contribution in [3.05, 3.63) is 35.9 Å². The van der Waals surface area contributed by atoms with E-state index in [4.69, 9.17) is 14.8 Å². The summed E-state index contributed by atoms with van der Waals surface area (Å²) in [6, 6.07) is 9.23. The zero-order chi connectivity index (χ0) is 16.4. The number of carbonyl (C=O) groups excluding carboxylic acids is 1. The second-order valence-electron chi connectivity index (χ2n) is 4.79. The van der Waals surface area contributed by atoms with Crippen LogP contribution in [0, 0.1) is 0 Å². The van der Waals surface area contributed by atoms with E-state index in [0.29, 0.717) is 12.8 Å². The summed E-state index contributed by atoms with van der Waals surface area (Å²) in [5, 5.41) is 2.91. The quantitative estimate of drug-likeness (QED) is 0.608. The summed E-state index contributed by atoms with van der Waals surface area (Å²) < 4.78 is 22.7. The van der Waals surface area contributed by atoms with Crippen molar-refractivity contribution in [3.63, 3.8) is 0 Å². The van der Waals surface area contributed by atoms with Crippen molar-refractivity contribution >= 4 is 13.5 Å². The van der Waals surface area contributed by atoms with Gasteiger partial charge in [-0.25, -0.2) is 0 Å². The molecule has 0 saturated heterocycles. The molecule has 6 nitrogen and oxygen atoms in total. The predicted molar refractivity (Wildman–Crippen MR) is 86.6 cm³/mol. The molecule has 0 radical (unpaired) electrons. The first kappa shape index (κ1) is 18.8. The molecule has 0 aromatic heterocycles. The van der Waals surface area contributed by atoms with Crippen molar-refractivity contribution in [2.75, 3.05) is 19.5 Å². The average molecular weight is 328 g/mol. The molecule has 1 rings (SSSR count). The van der Waals surface area contributed by atoms with E-state index in [9.17, 15) is 9.36 Å². The van der Waals surface area contributed by atoms with Crippen LogP contribution in [-0.4, -0.2) is 31.4 Å². The van der Waals surface area contributed by atoms with Crippen LogP contribution in [0.15, 0.2) is 30.3 Å². The van der Waals surface area contributed by atoms with Gasteiger partial charge in [-0.2, -0.15) is 0 Å². The molecule has 1 atom stereocenters. The summed E-state index contributed by atoms with van der Waals surface area (Å²) in [6.07, 6.45) is 1.20. The Labute approximate surface area is 131 Å². The van der Waals surface area contributed by atoms with Crippen molar-refractivity contribution in [1.82, 2.24) is 5.32 Å². The van der Waals surface area contributed by atoms with Gasteiger partial charge in [0.25, 0.3) is 0 Å². The van der Waals surface area contributed by atoms with Crippen molar-refractivity contribution in [3.8, 4) is 0 Å². The first-order valence-electron chi connectivity index (χ1n) is 7.45. The van der Waals surface area contributed by atoms with Crippen LogP contribution >= 0.6 is 7.60 Å². The number of benzene rings is 1. The third-order valence-corrected chi connectivity index (χ3v) is 4.96. The first-order chi connectivity index (χ1) is 10.5. The fourth-order valence-corrected chi connectivity index (χ4v) is 3.53. The van der Waals surface area contributed by atoms with Crippen LogP contribution in [0.4, 0.5) is 0 Å². The van der Waals surface area contributed by atoms with Crippen molar-refractivity contribution in [1.29, 1.82) is 0 Å². The molecular formula is C15H25N2O4P. The number of hydrogen-bond donors (Lipinski definition) is 2. The van der Waals surface area contributed by atoms with E-state index >= 15 is 0 Å². The molecule has 0 bridgehead atoms. The number of amides is 1. The number of carbonyl (C=O) groups is 1. The molecule has 0 spiro atoms. The summed E-state index contributed by atoms with van der Waals surface area (Å²) in [5.74, 6) is -0.476. The lowest BCUT2D eigenvalue weighted by Gasteiger charge is -2.21. The summed E-state index contributed by atoms with van der Waals surface area (Å²) in [5.41, 5.74) is 6.52. The number of aryl methyl sites for hydroxylation is 1. The van der Waals surface area contributed by atoms with Crippen molar-refractivity contribution in [2.24, 2.45) is 5.73 Å². The van der Waals surface area contributed by atoms with Gasteiger partial charge in [-0.15, -0.1) is 0 Å². The van der Waals surface area contributed by atoms with Gasteiger partial charge >= 0.3 is 7.60 Å². The number of nitrogens with one attached hydrogen (secondary N) is 1. The maximum atomic E-state index is 12.4. The van der Waals surface area contributed by atoms with Crippen molar-refractivity contribution < 1.29 is 18.4 Å². The summed E-state index contributed by atoms with van der Waals surface area (Å²) in [6.45, 7) is 4.05. The van der Waals surface area contributed by atoms with E-state index in [1.807, 2.05) is 30.3 Å². The normalized spacial score (nSPS) is 13.0. The fourth-order valence-electron chi connectivity index (χ4n) is 2.04. The third-order valence-electron chi connectivity index (χ3n) is 3.09. The van der Waals surface area contributed by atoms with Crippen LogP contribution in [0.3, 0.4) is 0 Å². The molecule has 3 N–H and O–H groups in total. The molecule has 124 valence electrons. The van der Waals surface area contributed by atoms with Crippen LogP contribution in [0.2, 0.25) is 0 Å². The van der Waals surface area contributed by atoms with Crippen LogP contribution < -0.4 is 11.1 Å². The maximum absolute atomic E-state index is 12.4. The van der Waals surface area contributed by atoms with Gasteiger partial charge in [-0.1, -0.05) is 30.3 Å². The lowest BCUT2D eigenvalue weighted by atomic mass is 10.1. The first-order valence-corrected chi connectivity index (χ1v) is 9.18. The molecule has 1 aromatic carbocycles. The smallest absolute Gasteiger partial charge is 0.344 e. The molecule has 0 fully saturated rings. The topological polar surface area (TPSA) is 90.6 Å². The standard InChI is InChI=1S/C15H25N2O4P/c1-3-20-22(19,21-4-2)12-17-14(15(16)18)11-10-13-8-6-5-7-9-13/h5-9,14,17H,3-4,10-12H2,1-2H3,(H2,16,18)/t14-/m0/s1. The fraction of sp³-hybridized carbons (Fsp3) is 0.533. The van der Waals surface area contributed by atoms with Crippen LogP contribution in [0.1, 0.15) is 25.8 Å². The second kappa shape index (κ2) is 9.74. The highest BCUT2D eigenvalue weighted by Crippen LogP contribution is 2.46. The minimum atomic E-state index is -3.23. The number of rotatable bonds is 11. The van der Waals surface area contributed by atoms with Gasteiger partial charge in [0.05, 0.1) is 25.5 Å². The zero-order valence-electron chi connectivity index (χ0n) is 13.2. The Bertz CT molecular complexity index is 486. The van der Waals surface area contributed by atoms with Gasteiger partial charge in [-0.3, -0.25) is 14.7 Å². The van der Waals surface area contributed by atoms with E-state index in [1.165, 1.54) is 0 Å². The molecule has 1 aromatic rings. The van der Waals surface area contributed by atoms with Crippen LogP contribution in [0.5, 0.6) is 0 Å². The predicted octanol–water partition coefficient (Wildman–Crippen LogP) is 2.29. The molecule has 22 heavy (non-hydrogen) atoms. The Morgan fingerprint density at radius 3 is 2.32 bits per heavy atom. The number of primary amides is 1. The minimum Gasteiger partial charge on any atom is -0.368 e. The van der Waals surface area contributed by atoms with E-state index in [1.54, 1.807) is 13.8 Å². The molecule has 0 aliphatic carbocycles. The highest BCUT2D eigenvalue weighted by molar-refractivity contribution is 7.53. The van der Waals surface area contributed by atoms with Gasteiger partial charge in [-0.05, 0) is 32.3 Å². The molecule has 0 unspecified atom stereocenters. The third kappa shape index (κ3) is 6.71. The largest absolute Gasteiger partial charge is 0.368 e. The monoisotopic (exact) mass is 328 g/mol. The Hall–Kier alpha value is -1.20. The van der Waals surface area contributed by atoms with Gasteiger partial charge in [0.1, 0.15) is 0 Å². The van der Waals surface area contributed by atoms with E-state index in [-0.39, 0.29) is 19.5 Å². The molecule has 0 aliphatic rings. The zero-order valence-corrected chi connectivity index (χ0v) is 14.1. The lowest BCUT2D eigenvalue weighted by molar-refractivity contribution is -0.120. The number of nitrogens with two attached hydrogens (primary N) is 1. The summed E-state index contributed by atoms with van der Waals surface area (Å²) in [7, 11) is -3.23. The summed E-state index contributed by atoms with van der Waals surface area (Å²) >= 11 is 0. The van der Waals surface area contributed by atoms with E-state index in [0.717, 1.165) is 5.56 Å². The molecule has 0 heterocycles. The summed E-state index contributed by atoms with van der Waals surface area (Å²) in [4.78, 5) is 11.5. The Kier molecular flexibility index (Phi) is 8.35. The lowest BCUT2D eigenvalue weighted by Crippen LogP contribution is -2.42. The van der Waals surface area contributed by atoms with E-state index < -0.39 is 19.5 Å². The van der Waals surface area contributed by atoms with Crippen LogP contribution in [-0.2, 0) is 24.8 Å². The van der Waals surface area contributed by atoms with E-state index in [2.05, 4.69) is 5.32 Å². The average Bonchev–Trinajstić information content (AvgIpc) is 2.48. The molecular weight excluding hydrogens is 303 g/mol. The molecule has 1 amide bonds. The van der Waals surface area contributed by atoms with Gasteiger partial charge in [0.2, 0.25) is 5.91 Å². The SMILES string of the molecule is CCOP(=O)(CN[C@@H](CCc1ccccc1)C(N)=O)OCC. The van der Waals surface area contributed by atoms with Crippen molar-refractivity contribution in [2.45, 2.75) is 32.7 Å². The maximum Gasteiger partial charge on any atom is 0.344 e. The minimum absolute atomic E-state index is 0.0307. The van der Waals surface area contributed by atoms with Gasteiger partial charge in [0.15, 0.2) is 0 Å². The second-order valence-corrected chi connectivity index (χ2v) is 6.84. The molecule has 7 heteroatoms. The highest BCUT2D eigenvalue weighted by atomic mass is 31.2. The van der Waals surface area contributed by atoms with Crippen LogP contribution in [0.25, 0.3) is 0 Å². The molecule has 0 aliphatic heterocycles. The Balaban J connectivity index is 2.56. The highest BCUT2D eigenvalue weighted by Gasteiger charge is 2.26. The Morgan fingerprint density at radius 1 is 1.23 bits per heavy atom.